The molecule has 26 heavy (non-hydrogen) atoms. The van der Waals surface area contributed by atoms with Crippen LogP contribution < -0.4 is 10.6 Å². The van der Waals surface area contributed by atoms with Crippen LogP contribution >= 0.6 is 0 Å². The van der Waals surface area contributed by atoms with E-state index in [4.69, 9.17) is 0 Å². The van der Waals surface area contributed by atoms with Crippen molar-refractivity contribution in [1.82, 2.24) is 9.97 Å². The molecule has 10 heteroatoms. The van der Waals surface area contributed by atoms with E-state index in [2.05, 4.69) is 20.6 Å². The van der Waals surface area contributed by atoms with Crippen molar-refractivity contribution in [1.29, 1.82) is 0 Å². The molecule has 0 unspecified atom stereocenters. The van der Waals surface area contributed by atoms with E-state index in [0.29, 0.717) is 5.56 Å². The molecule has 0 aliphatic rings. The summed E-state index contributed by atoms with van der Waals surface area (Å²) in [5.41, 5.74) is -1.17. The Bertz CT molecular complexity index is 803. The van der Waals surface area contributed by atoms with Gasteiger partial charge in [0, 0.05) is 30.3 Å². The summed E-state index contributed by atoms with van der Waals surface area (Å²) < 4.78 is 39.2. The lowest BCUT2D eigenvalue weighted by Crippen LogP contribution is -2.28. The van der Waals surface area contributed by atoms with Gasteiger partial charge in [0.25, 0.3) is 5.69 Å². The van der Waals surface area contributed by atoms with Crippen molar-refractivity contribution in [2.24, 2.45) is 0 Å². The molecule has 0 fully saturated rings. The van der Waals surface area contributed by atoms with Crippen LogP contribution in [0.1, 0.15) is 32.0 Å². The van der Waals surface area contributed by atoms with Gasteiger partial charge in [-0.3, -0.25) is 10.1 Å². The average molecular weight is 369 g/mol. The Morgan fingerprint density at radius 3 is 2.42 bits per heavy atom. The van der Waals surface area contributed by atoms with Crippen molar-refractivity contribution in [2.45, 2.75) is 39.0 Å². The Morgan fingerprint density at radius 2 is 1.85 bits per heavy atom. The largest absolute Gasteiger partial charge is 0.433 e. The number of nitrogens with one attached hydrogen (secondary N) is 2. The Hall–Kier alpha value is -2.91. The van der Waals surface area contributed by atoms with Gasteiger partial charge in [0.15, 0.2) is 5.69 Å². The summed E-state index contributed by atoms with van der Waals surface area (Å²) in [6.07, 6.45) is -4.63. The van der Waals surface area contributed by atoms with E-state index in [9.17, 15) is 23.3 Å². The Kier molecular flexibility index (Phi) is 5.33. The molecule has 2 aromatic rings. The van der Waals surface area contributed by atoms with Crippen LogP contribution in [-0.4, -0.2) is 20.4 Å². The lowest BCUT2D eigenvalue weighted by molar-refractivity contribution is -0.384. The van der Waals surface area contributed by atoms with Gasteiger partial charge in [-0.05, 0) is 26.3 Å². The number of anilines is 2. The van der Waals surface area contributed by atoms with E-state index in [1.54, 1.807) is 26.8 Å². The molecule has 0 atom stereocenters. The first-order chi connectivity index (χ1) is 11.9. The highest BCUT2D eigenvalue weighted by Crippen LogP contribution is 2.30. The molecule has 0 spiro atoms. The number of hydrogen-bond donors (Lipinski definition) is 2. The van der Waals surface area contributed by atoms with Crippen LogP contribution in [0.2, 0.25) is 0 Å². The van der Waals surface area contributed by atoms with Crippen LogP contribution in [0.4, 0.5) is 30.6 Å². The van der Waals surface area contributed by atoms with Gasteiger partial charge in [0.1, 0.15) is 5.82 Å². The molecule has 0 radical (unpaired) electrons. The van der Waals surface area contributed by atoms with Gasteiger partial charge >= 0.3 is 6.18 Å². The molecular weight excluding hydrogens is 351 g/mol. The van der Waals surface area contributed by atoms with Crippen molar-refractivity contribution in [2.75, 3.05) is 10.6 Å². The summed E-state index contributed by atoms with van der Waals surface area (Å²) >= 11 is 0. The molecule has 140 valence electrons. The predicted octanol–water partition coefficient (Wildman–Crippen LogP) is 4.23. The number of hydrogen-bond acceptors (Lipinski definition) is 6. The van der Waals surface area contributed by atoms with Crippen molar-refractivity contribution in [3.8, 4) is 0 Å². The van der Waals surface area contributed by atoms with E-state index in [0.717, 1.165) is 6.07 Å². The first-order valence-electron chi connectivity index (χ1n) is 7.66. The van der Waals surface area contributed by atoms with Gasteiger partial charge < -0.3 is 10.6 Å². The second kappa shape index (κ2) is 7.14. The number of halogens is 3. The molecule has 2 N–H and O–H groups in total. The third kappa shape index (κ3) is 5.57. The fourth-order valence-electron chi connectivity index (χ4n) is 2.05. The predicted molar refractivity (Wildman–Crippen MR) is 90.8 cm³/mol. The Morgan fingerprint density at radius 1 is 1.15 bits per heavy atom. The topological polar surface area (TPSA) is 93.0 Å². The van der Waals surface area contributed by atoms with E-state index in [-0.39, 0.29) is 24.0 Å². The van der Waals surface area contributed by atoms with E-state index >= 15 is 0 Å². The van der Waals surface area contributed by atoms with Gasteiger partial charge in [-0.2, -0.15) is 18.2 Å². The average Bonchev–Trinajstić information content (AvgIpc) is 2.50. The second-order valence-corrected chi connectivity index (χ2v) is 6.62. The van der Waals surface area contributed by atoms with Gasteiger partial charge in [-0.15, -0.1) is 0 Å². The molecule has 0 amide bonds. The lowest BCUT2D eigenvalue weighted by Gasteiger charge is -2.21. The minimum Gasteiger partial charge on any atom is -0.366 e. The van der Waals surface area contributed by atoms with Gasteiger partial charge in [0.05, 0.1) is 4.92 Å². The van der Waals surface area contributed by atoms with Gasteiger partial charge in [0.2, 0.25) is 5.95 Å². The highest BCUT2D eigenvalue weighted by Gasteiger charge is 2.34. The van der Waals surface area contributed by atoms with Crippen molar-refractivity contribution >= 4 is 17.5 Å². The van der Waals surface area contributed by atoms with E-state index < -0.39 is 22.3 Å². The highest BCUT2D eigenvalue weighted by molar-refractivity contribution is 5.45. The fourth-order valence-corrected chi connectivity index (χ4v) is 2.05. The Balaban J connectivity index is 2.26. The fraction of sp³-hybridized carbons (Fsp3) is 0.375. The summed E-state index contributed by atoms with van der Waals surface area (Å²) in [7, 11) is 0. The number of rotatable bonds is 5. The molecule has 0 saturated heterocycles. The zero-order chi connectivity index (χ0) is 19.5. The standard InChI is InChI=1S/C16H18F3N5O2/c1-15(2,3)23-14-21-12(16(17,18)19)8-13(22-14)20-9-10-5-4-6-11(7-10)24(25)26/h4-8H,9H2,1-3H3,(H2,20,21,22,23). The molecule has 1 aromatic heterocycles. The van der Waals surface area contributed by atoms with E-state index in [1.807, 2.05) is 0 Å². The molecule has 0 saturated carbocycles. The van der Waals surface area contributed by atoms with Crippen LogP contribution in [0.15, 0.2) is 30.3 Å². The molecular formula is C16H18F3N5O2. The van der Waals surface area contributed by atoms with Crippen LogP contribution in [0, 0.1) is 10.1 Å². The molecule has 0 aliphatic heterocycles. The van der Waals surface area contributed by atoms with Crippen LogP contribution in [-0.2, 0) is 12.7 Å². The number of aromatic nitrogens is 2. The third-order valence-corrected chi connectivity index (χ3v) is 3.10. The minimum atomic E-state index is -4.63. The summed E-state index contributed by atoms with van der Waals surface area (Å²) in [6.45, 7) is 5.39. The third-order valence-electron chi connectivity index (χ3n) is 3.10. The number of benzene rings is 1. The molecule has 1 heterocycles. The molecule has 7 nitrogen and oxygen atoms in total. The molecule has 1 aromatic carbocycles. The minimum absolute atomic E-state index is 0.0365. The Labute approximate surface area is 147 Å². The number of alkyl halides is 3. The normalized spacial score (nSPS) is 11.9. The van der Waals surface area contributed by atoms with Crippen molar-refractivity contribution < 1.29 is 18.1 Å². The quantitative estimate of drug-likeness (QED) is 0.605. The zero-order valence-corrected chi connectivity index (χ0v) is 14.4. The summed E-state index contributed by atoms with van der Waals surface area (Å²) in [4.78, 5) is 17.8. The first-order valence-corrected chi connectivity index (χ1v) is 7.66. The van der Waals surface area contributed by atoms with Crippen molar-refractivity contribution in [3.63, 3.8) is 0 Å². The van der Waals surface area contributed by atoms with Crippen LogP contribution in [0.5, 0.6) is 0 Å². The maximum atomic E-state index is 13.1. The summed E-state index contributed by atoms with van der Waals surface area (Å²) in [5, 5.41) is 16.3. The summed E-state index contributed by atoms with van der Waals surface area (Å²) in [5.74, 6) is -0.195. The SMILES string of the molecule is CC(C)(C)Nc1nc(NCc2cccc([N+](=O)[O-])c2)cc(C(F)(F)F)n1. The maximum absolute atomic E-state index is 13.1. The van der Waals surface area contributed by atoms with Crippen molar-refractivity contribution in [3.05, 3.63) is 51.7 Å². The van der Waals surface area contributed by atoms with Gasteiger partial charge in [-0.1, -0.05) is 12.1 Å². The lowest BCUT2D eigenvalue weighted by atomic mass is 10.1. The number of nitro benzene ring substituents is 1. The number of nitro groups is 1. The first kappa shape index (κ1) is 19.4. The molecule has 0 bridgehead atoms. The van der Waals surface area contributed by atoms with Crippen LogP contribution in [0.25, 0.3) is 0 Å². The highest BCUT2D eigenvalue weighted by atomic mass is 19.4. The second-order valence-electron chi connectivity index (χ2n) is 6.62. The maximum Gasteiger partial charge on any atom is 0.433 e. The number of nitrogens with zero attached hydrogens (tertiary/aromatic N) is 3. The van der Waals surface area contributed by atoms with E-state index in [1.165, 1.54) is 18.2 Å². The molecule has 2 rings (SSSR count). The molecule has 0 aliphatic carbocycles. The van der Waals surface area contributed by atoms with Crippen LogP contribution in [0.3, 0.4) is 0 Å². The smallest absolute Gasteiger partial charge is 0.366 e. The number of non-ortho nitro benzene ring substituents is 1. The van der Waals surface area contributed by atoms with Gasteiger partial charge in [-0.25, -0.2) is 4.98 Å². The summed E-state index contributed by atoms with van der Waals surface area (Å²) in [6, 6.07) is 6.60. The zero-order valence-electron chi connectivity index (χ0n) is 14.4. The monoisotopic (exact) mass is 369 g/mol.